The zero-order valence-electron chi connectivity index (χ0n) is 8.19. The summed E-state index contributed by atoms with van der Waals surface area (Å²) in [6.07, 6.45) is 2.24. The van der Waals surface area contributed by atoms with E-state index in [9.17, 15) is 5.11 Å². The van der Waals surface area contributed by atoms with Gasteiger partial charge >= 0.3 is 0 Å². The van der Waals surface area contributed by atoms with E-state index in [1.807, 2.05) is 0 Å². The number of aliphatic hydroxyl groups is 2. The molecule has 0 spiro atoms. The van der Waals surface area contributed by atoms with Crippen molar-refractivity contribution in [3.63, 3.8) is 0 Å². The van der Waals surface area contributed by atoms with E-state index in [2.05, 4.69) is 11.0 Å². The minimum absolute atomic E-state index is 0.0517. The lowest BCUT2D eigenvalue weighted by molar-refractivity contribution is 0.142. The van der Waals surface area contributed by atoms with Crippen molar-refractivity contribution in [1.29, 1.82) is 5.26 Å². The Labute approximate surface area is 83.8 Å². The van der Waals surface area contributed by atoms with Crippen molar-refractivity contribution >= 4 is 0 Å². The van der Waals surface area contributed by atoms with Gasteiger partial charge in [-0.1, -0.05) is 0 Å². The zero-order valence-corrected chi connectivity index (χ0v) is 8.19. The van der Waals surface area contributed by atoms with E-state index < -0.39 is 0 Å². The summed E-state index contributed by atoms with van der Waals surface area (Å²) < 4.78 is 0. The molecule has 4 heteroatoms. The predicted octanol–water partition coefficient (Wildman–Crippen LogP) is -0.282. The van der Waals surface area contributed by atoms with Gasteiger partial charge in [-0.05, 0) is 19.3 Å². The average Bonchev–Trinajstić information content (AvgIpc) is 2.85. The number of nitriles is 1. The first-order valence-electron chi connectivity index (χ1n) is 5.13. The van der Waals surface area contributed by atoms with Crippen molar-refractivity contribution in [2.24, 2.45) is 5.41 Å². The lowest BCUT2D eigenvalue weighted by Gasteiger charge is -2.24. The Morgan fingerprint density at radius 3 is 2.71 bits per heavy atom. The van der Waals surface area contributed by atoms with Crippen LogP contribution in [-0.2, 0) is 0 Å². The molecule has 0 aromatic heterocycles. The van der Waals surface area contributed by atoms with Gasteiger partial charge in [-0.25, -0.2) is 0 Å². The summed E-state index contributed by atoms with van der Waals surface area (Å²) in [5.41, 5.74) is -0.169. The summed E-state index contributed by atoms with van der Waals surface area (Å²) in [6, 6.07) is 2.39. The van der Waals surface area contributed by atoms with Crippen LogP contribution in [0.25, 0.3) is 0 Å². The fourth-order valence-corrected chi connectivity index (χ4v) is 2.19. The minimum atomic E-state index is -0.332. The zero-order chi connectivity index (χ0) is 10.2. The quantitative estimate of drug-likeness (QED) is 0.651. The van der Waals surface area contributed by atoms with Crippen LogP contribution in [0.15, 0.2) is 0 Å². The Bertz CT molecular complexity index is 257. The van der Waals surface area contributed by atoms with Crippen molar-refractivity contribution in [1.82, 2.24) is 4.90 Å². The van der Waals surface area contributed by atoms with E-state index in [0.717, 1.165) is 12.8 Å². The average molecular weight is 196 g/mol. The van der Waals surface area contributed by atoms with Gasteiger partial charge in [0, 0.05) is 19.1 Å². The number of aliphatic hydroxyl groups excluding tert-OH is 2. The van der Waals surface area contributed by atoms with E-state index in [0.29, 0.717) is 19.5 Å². The van der Waals surface area contributed by atoms with Crippen LogP contribution in [0, 0.1) is 16.7 Å². The van der Waals surface area contributed by atoms with Gasteiger partial charge < -0.3 is 10.2 Å². The molecule has 2 aliphatic rings. The molecule has 2 rings (SSSR count). The monoisotopic (exact) mass is 196 g/mol. The summed E-state index contributed by atoms with van der Waals surface area (Å²) in [7, 11) is 0. The first-order valence-corrected chi connectivity index (χ1v) is 5.13. The molecule has 4 nitrogen and oxygen atoms in total. The standard InChI is InChI=1S/C10H16N2O2/c11-6-10(1-2-10)7-12-4-9(14)3-8(12)5-13/h8-9,13-14H,1-5,7H2. The number of likely N-dealkylation sites (tertiary alicyclic amines) is 1. The van der Waals surface area contributed by atoms with E-state index in [4.69, 9.17) is 10.4 Å². The second-order valence-electron chi connectivity index (χ2n) is 4.55. The van der Waals surface area contributed by atoms with Gasteiger partial charge in [-0.15, -0.1) is 0 Å². The maximum absolute atomic E-state index is 9.46. The molecule has 1 aliphatic heterocycles. The molecule has 14 heavy (non-hydrogen) atoms. The fraction of sp³-hybridized carbons (Fsp3) is 0.900. The number of nitrogens with zero attached hydrogens (tertiary/aromatic N) is 2. The second-order valence-corrected chi connectivity index (χ2v) is 4.55. The van der Waals surface area contributed by atoms with E-state index in [1.54, 1.807) is 0 Å². The van der Waals surface area contributed by atoms with Crippen molar-refractivity contribution < 1.29 is 10.2 Å². The van der Waals surface area contributed by atoms with E-state index in [1.165, 1.54) is 0 Å². The molecule has 2 atom stereocenters. The van der Waals surface area contributed by atoms with Crippen LogP contribution in [0.2, 0.25) is 0 Å². The van der Waals surface area contributed by atoms with Gasteiger partial charge in [0.2, 0.25) is 0 Å². The Morgan fingerprint density at radius 2 is 2.21 bits per heavy atom. The van der Waals surface area contributed by atoms with Gasteiger partial charge in [0.1, 0.15) is 0 Å². The van der Waals surface area contributed by atoms with Crippen molar-refractivity contribution in [2.75, 3.05) is 19.7 Å². The number of hydrogen-bond acceptors (Lipinski definition) is 4. The summed E-state index contributed by atoms with van der Waals surface area (Å²) >= 11 is 0. The maximum Gasteiger partial charge on any atom is 0.0703 e. The van der Waals surface area contributed by atoms with Crippen LogP contribution in [0.5, 0.6) is 0 Å². The highest BCUT2D eigenvalue weighted by atomic mass is 16.3. The Kier molecular flexibility index (Phi) is 2.48. The highest BCUT2D eigenvalue weighted by Gasteiger charge is 2.46. The molecule has 2 unspecified atom stereocenters. The molecular formula is C10H16N2O2. The van der Waals surface area contributed by atoms with Gasteiger partial charge in [0.05, 0.1) is 24.2 Å². The van der Waals surface area contributed by atoms with Crippen LogP contribution in [0.4, 0.5) is 0 Å². The molecule has 1 aliphatic carbocycles. The smallest absolute Gasteiger partial charge is 0.0703 e. The number of hydrogen-bond donors (Lipinski definition) is 2. The molecule has 0 amide bonds. The normalized spacial score (nSPS) is 35.5. The van der Waals surface area contributed by atoms with Gasteiger partial charge in [0.15, 0.2) is 0 Å². The second kappa shape index (κ2) is 3.50. The first-order chi connectivity index (χ1) is 6.69. The Balaban J connectivity index is 1.94. The summed E-state index contributed by atoms with van der Waals surface area (Å²) in [5, 5.41) is 27.5. The Morgan fingerprint density at radius 1 is 1.50 bits per heavy atom. The third-order valence-corrected chi connectivity index (χ3v) is 3.31. The maximum atomic E-state index is 9.46. The van der Waals surface area contributed by atoms with Crippen LogP contribution in [-0.4, -0.2) is 47.0 Å². The summed E-state index contributed by atoms with van der Waals surface area (Å²) in [5.74, 6) is 0. The van der Waals surface area contributed by atoms with Gasteiger partial charge in [-0.3, -0.25) is 4.90 Å². The number of rotatable bonds is 3. The molecule has 1 heterocycles. The molecule has 2 N–H and O–H groups in total. The van der Waals surface area contributed by atoms with Crippen LogP contribution < -0.4 is 0 Å². The molecule has 1 saturated heterocycles. The predicted molar refractivity (Wildman–Crippen MR) is 50.4 cm³/mol. The molecule has 0 aromatic rings. The highest BCUT2D eigenvalue weighted by molar-refractivity contribution is 5.12. The van der Waals surface area contributed by atoms with E-state index >= 15 is 0 Å². The van der Waals surface area contributed by atoms with E-state index in [-0.39, 0.29) is 24.2 Å². The SMILES string of the molecule is N#CC1(CN2CC(O)CC2CO)CC1. The lowest BCUT2D eigenvalue weighted by Crippen LogP contribution is -2.36. The van der Waals surface area contributed by atoms with Crippen LogP contribution in [0.3, 0.4) is 0 Å². The van der Waals surface area contributed by atoms with Gasteiger partial charge in [0.25, 0.3) is 0 Å². The summed E-state index contributed by atoms with van der Waals surface area (Å²) in [4.78, 5) is 2.06. The molecule has 2 fully saturated rings. The molecule has 0 radical (unpaired) electrons. The Hall–Kier alpha value is -0.630. The lowest BCUT2D eigenvalue weighted by atomic mass is 10.1. The van der Waals surface area contributed by atoms with Crippen molar-refractivity contribution in [3.8, 4) is 6.07 Å². The number of β-amino-alcohol motifs (C(OH)–C–C–N with tert-alkyl or cyclic N) is 1. The largest absolute Gasteiger partial charge is 0.395 e. The van der Waals surface area contributed by atoms with Crippen LogP contribution in [0.1, 0.15) is 19.3 Å². The van der Waals surface area contributed by atoms with Gasteiger partial charge in [-0.2, -0.15) is 5.26 Å². The van der Waals surface area contributed by atoms with Crippen molar-refractivity contribution in [3.05, 3.63) is 0 Å². The molecule has 0 bridgehead atoms. The highest BCUT2D eigenvalue weighted by Crippen LogP contribution is 2.46. The molecule has 1 saturated carbocycles. The minimum Gasteiger partial charge on any atom is -0.395 e. The molecule has 78 valence electrons. The fourth-order valence-electron chi connectivity index (χ4n) is 2.19. The van der Waals surface area contributed by atoms with Crippen molar-refractivity contribution in [2.45, 2.75) is 31.4 Å². The molecule has 0 aromatic carbocycles. The van der Waals surface area contributed by atoms with Crippen LogP contribution >= 0.6 is 0 Å². The topological polar surface area (TPSA) is 67.5 Å². The summed E-state index contributed by atoms with van der Waals surface area (Å²) in [6.45, 7) is 1.40. The first kappa shape index (κ1) is 9.91. The molecular weight excluding hydrogens is 180 g/mol. The third-order valence-electron chi connectivity index (χ3n) is 3.31. The third kappa shape index (κ3) is 1.76.